The van der Waals surface area contributed by atoms with Crippen LogP contribution in [0.1, 0.15) is 11.3 Å². The zero-order valence-electron chi connectivity index (χ0n) is 6.56. The van der Waals surface area contributed by atoms with Crippen LogP contribution in [0.2, 0.25) is 5.02 Å². The molecule has 0 bridgehead atoms. The molecular weight excluding hydrogens is 199 g/mol. The van der Waals surface area contributed by atoms with Gasteiger partial charge in [-0.15, -0.1) is 12.4 Å². The largest absolute Gasteiger partial charge is 0.326 e. The number of hydrogen-bond donors (Lipinski definition) is 2. The van der Waals surface area contributed by atoms with Crippen molar-refractivity contribution in [3.05, 3.63) is 32.7 Å². The number of nitrogens with two attached hydrogens (primary N) is 1. The Morgan fingerprint density at radius 2 is 2.25 bits per heavy atom. The SMILES string of the molecule is Cc1cc(Cl)c(CN)c(=O)[nH]1.Cl. The molecule has 0 saturated heterocycles. The number of nitrogens with one attached hydrogen (secondary N) is 1. The predicted octanol–water partition coefficient (Wildman–Crippen LogP) is 1.22. The summed E-state index contributed by atoms with van der Waals surface area (Å²) in [4.78, 5) is 13.7. The van der Waals surface area contributed by atoms with Crippen LogP contribution in [0.25, 0.3) is 0 Å². The lowest BCUT2D eigenvalue weighted by atomic mass is 10.2. The average Bonchev–Trinajstić information content (AvgIpc) is 1.85. The molecule has 0 unspecified atom stereocenters. The fraction of sp³-hybridized carbons (Fsp3) is 0.286. The van der Waals surface area contributed by atoms with E-state index in [0.717, 1.165) is 5.69 Å². The van der Waals surface area contributed by atoms with Crippen LogP contribution in [0, 0.1) is 6.92 Å². The molecule has 1 aromatic rings. The Morgan fingerprint density at radius 3 is 2.67 bits per heavy atom. The third-order valence-corrected chi connectivity index (χ3v) is 1.76. The van der Waals surface area contributed by atoms with Gasteiger partial charge in [-0.05, 0) is 13.0 Å². The van der Waals surface area contributed by atoms with Gasteiger partial charge >= 0.3 is 0 Å². The van der Waals surface area contributed by atoms with Gasteiger partial charge in [0.25, 0.3) is 5.56 Å². The van der Waals surface area contributed by atoms with E-state index < -0.39 is 0 Å². The lowest BCUT2D eigenvalue weighted by Gasteiger charge is -1.99. The molecule has 1 heterocycles. The molecule has 1 aromatic heterocycles. The molecule has 0 spiro atoms. The molecular formula is C7H10Cl2N2O. The fourth-order valence-electron chi connectivity index (χ4n) is 0.866. The highest BCUT2D eigenvalue weighted by Crippen LogP contribution is 2.10. The Balaban J connectivity index is 0.00000121. The summed E-state index contributed by atoms with van der Waals surface area (Å²) in [5, 5.41) is 0.439. The van der Waals surface area contributed by atoms with Crippen molar-refractivity contribution in [2.45, 2.75) is 13.5 Å². The van der Waals surface area contributed by atoms with Crippen LogP contribution in [-0.4, -0.2) is 4.98 Å². The van der Waals surface area contributed by atoms with Crippen LogP contribution in [-0.2, 0) is 6.54 Å². The van der Waals surface area contributed by atoms with Crippen molar-refractivity contribution in [1.29, 1.82) is 0 Å². The number of aromatic nitrogens is 1. The van der Waals surface area contributed by atoms with Crippen LogP contribution < -0.4 is 11.3 Å². The minimum atomic E-state index is -0.197. The van der Waals surface area contributed by atoms with Crippen molar-refractivity contribution in [3.8, 4) is 0 Å². The molecule has 0 fully saturated rings. The Morgan fingerprint density at radius 1 is 1.67 bits per heavy atom. The van der Waals surface area contributed by atoms with Gasteiger partial charge in [-0.25, -0.2) is 0 Å². The van der Waals surface area contributed by atoms with E-state index in [1.54, 1.807) is 13.0 Å². The highest BCUT2D eigenvalue weighted by Gasteiger charge is 2.02. The monoisotopic (exact) mass is 208 g/mol. The van der Waals surface area contributed by atoms with Gasteiger partial charge in [0.05, 0.1) is 5.02 Å². The van der Waals surface area contributed by atoms with Gasteiger partial charge in [-0.1, -0.05) is 11.6 Å². The minimum Gasteiger partial charge on any atom is -0.326 e. The van der Waals surface area contributed by atoms with E-state index in [-0.39, 0.29) is 24.5 Å². The van der Waals surface area contributed by atoms with E-state index >= 15 is 0 Å². The number of halogens is 2. The van der Waals surface area contributed by atoms with E-state index in [1.807, 2.05) is 0 Å². The Bertz CT molecular complexity index is 322. The standard InChI is InChI=1S/C7H9ClN2O.ClH/c1-4-2-6(8)5(3-9)7(11)10-4;/h2H,3,9H2,1H3,(H,10,11);1H. The quantitative estimate of drug-likeness (QED) is 0.730. The fourth-order valence-corrected chi connectivity index (χ4v) is 1.19. The van der Waals surface area contributed by atoms with Gasteiger partial charge in [0, 0.05) is 17.8 Å². The molecule has 0 amide bonds. The summed E-state index contributed by atoms with van der Waals surface area (Å²) < 4.78 is 0. The molecule has 0 radical (unpaired) electrons. The summed E-state index contributed by atoms with van der Waals surface area (Å²) in [6.07, 6.45) is 0. The van der Waals surface area contributed by atoms with Crippen LogP contribution >= 0.6 is 24.0 Å². The third-order valence-electron chi connectivity index (χ3n) is 1.42. The molecule has 0 saturated carbocycles. The van der Waals surface area contributed by atoms with Gasteiger partial charge in [0.15, 0.2) is 0 Å². The van der Waals surface area contributed by atoms with Gasteiger partial charge < -0.3 is 10.7 Å². The predicted molar refractivity (Wildman–Crippen MR) is 51.9 cm³/mol. The Labute approximate surface area is 81.3 Å². The molecule has 5 heteroatoms. The number of H-pyrrole nitrogens is 1. The first-order valence-electron chi connectivity index (χ1n) is 3.23. The normalized spacial score (nSPS) is 9.25. The van der Waals surface area contributed by atoms with E-state index in [1.165, 1.54) is 0 Å². The maximum Gasteiger partial charge on any atom is 0.254 e. The van der Waals surface area contributed by atoms with Crippen molar-refractivity contribution < 1.29 is 0 Å². The van der Waals surface area contributed by atoms with E-state index in [4.69, 9.17) is 17.3 Å². The summed E-state index contributed by atoms with van der Waals surface area (Å²) in [7, 11) is 0. The first-order chi connectivity index (χ1) is 5.15. The molecule has 12 heavy (non-hydrogen) atoms. The smallest absolute Gasteiger partial charge is 0.254 e. The van der Waals surface area contributed by atoms with Gasteiger partial charge in [-0.2, -0.15) is 0 Å². The zero-order valence-corrected chi connectivity index (χ0v) is 8.13. The maximum atomic E-state index is 11.1. The lowest BCUT2D eigenvalue weighted by Crippen LogP contribution is -2.17. The number of pyridine rings is 1. The Hall–Kier alpha value is -0.510. The number of rotatable bonds is 1. The highest BCUT2D eigenvalue weighted by atomic mass is 35.5. The zero-order chi connectivity index (χ0) is 8.43. The second kappa shape index (κ2) is 4.50. The summed E-state index contributed by atoms with van der Waals surface area (Å²) in [5.74, 6) is 0. The molecule has 68 valence electrons. The molecule has 0 aliphatic heterocycles. The van der Waals surface area contributed by atoms with Crippen LogP contribution in [0.3, 0.4) is 0 Å². The van der Waals surface area contributed by atoms with Crippen LogP contribution in [0.5, 0.6) is 0 Å². The number of hydrogen-bond acceptors (Lipinski definition) is 2. The number of aryl methyl sites for hydroxylation is 1. The summed E-state index contributed by atoms with van der Waals surface area (Å²) >= 11 is 5.73. The maximum absolute atomic E-state index is 11.1. The summed E-state index contributed by atoms with van der Waals surface area (Å²) in [6, 6.07) is 1.69. The first-order valence-corrected chi connectivity index (χ1v) is 3.61. The van der Waals surface area contributed by atoms with E-state index in [9.17, 15) is 4.79 Å². The average molecular weight is 209 g/mol. The van der Waals surface area contributed by atoms with Gasteiger partial charge in [-0.3, -0.25) is 4.79 Å². The molecule has 0 aliphatic carbocycles. The summed E-state index contributed by atoms with van der Waals surface area (Å²) in [5.41, 5.74) is 6.29. The molecule has 1 rings (SSSR count). The molecule has 0 atom stereocenters. The second-order valence-electron chi connectivity index (χ2n) is 2.31. The van der Waals surface area contributed by atoms with Crippen molar-refractivity contribution in [2.75, 3.05) is 0 Å². The van der Waals surface area contributed by atoms with Gasteiger partial charge in [0.1, 0.15) is 0 Å². The van der Waals surface area contributed by atoms with Crippen molar-refractivity contribution in [1.82, 2.24) is 4.98 Å². The molecule has 3 N–H and O–H groups in total. The van der Waals surface area contributed by atoms with Crippen LogP contribution in [0.4, 0.5) is 0 Å². The topological polar surface area (TPSA) is 58.9 Å². The highest BCUT2D eigenvalue weighted by molar-refractivity contribution is 6.31. The number of aromatic amines is 1. The second-order valence-corrected chi connectivity index (χ2v) is 2.72. The molecule has 0 aromatic carbocycles. The van der Waals surface area contributed by atoms with Gasteiger partial charge in [0.2, 0.25) is 0 Å². The van der Waals surface area contributed by atoms with Crippen molar-refractivity contribution >= 4 is 24.0 Å². The minimum absolute atomic E-state index is 0. The van der Waals surface area contributed by atoms with Crippen molar-refractivity contribution in [2.24, 2.45) is 5.73 Å². The first kappa shape index (κ1) is 11.5. The van der Waals surface area contributed by atoms with E-state index in [0.29, 0.717) is 10.6 Å². The lowest BCUT2D eigenvalue weighted by molar-refractivity contribution is 0.998. The van der Waals surface area contributed by atoms with Crippen molar-refractivity contribution in [3.63, 3.8) is 0 Å². The van der Waals surface area contributed by atoms with Crippen LogP contribution in [0.15, 0.2) is 10.9 Å². The molecule has 3 nitrogen and oxygen atoms in total. The third kappa shape index (κ3) is 2.24. The molecule has 0 aliphatic rings. The Kier molecular flexibility index (Phi) is 4.31. The summed E-state index contributed by atoms with van der Waals surface area (Å²) in [6.45, 7) is 1.95. The van der Waals surface area contributed by atoms with E-state index in [2.05, 4.69) is 4.98 Å².